The van der Waals surface area contributed by atoms with E-state index in [1.54, 1.807) is 37.7 Å². The molecule has 0 bridgehead atoms. The van der Waals surface area contributed by atoms with Crippen LogP contribution in [0.25, 0.3) is 0 Å². The largest absolute Gasteiger partial charge is 0.508 e. The van der Waals surface area contributed by atoms with Gasteiger partial charge >= 0.3 is 0 Å². The Labute approximate surface area is 132 Å². The van der Waals surface area contributed by atoms with E-state index < -0.39 is 6.10 Å². The molecule has 0 fully saturated rings. The van der Waals surface area contributed by atoms with Crippen molar-refractivity contribution in [2.24, 2.45) is 10.9 Å². The highest BCUT2D eigenvalue weighted by Crippen LogP contribution is 2.30. The summed E-state index contributed by atoms with van der Waals surface area (Å²) in [7, 11) is 1.68. The smallest absolute Gasteiger partial charge is 0.121 e. The van der Waals surface area contributed by atoms with Crippen molar-refractivity contribution in [3.05, 3.63) is 65.9 Å². The van der Waals surface area contributed by atoms with Gasteiger partial charge in [-0.25, -0.2) is 0 Å². The minimum atomic E-state index is -0.777. The zero-order chi connectivity index (χ0) is 16.5. The molecule has 0 saturated heterocycles. The van der Waals surface area contributed by atoms with Crippen molar-refractivity contribution in [1.82, 2.24) is 5.32 Å². The Morgan fingerprint density at radius 3 is 2.77 bits per heavy atom. The number of hydrogen-bond acceptors (Lipinski definition) is 3. The third-order valence-corrected chi connectivity index (χ3v) is 3.24. The molecule has 0 spiro atoms. The molecule has 2 unspecified atom stereocenters. The molecule has 4 nitrogen and oxygen atoms in total. The second kappa shape index (κ2) is 8.85. The fourth-order valence-corrected chi connectivity index (χ4v) is 1.97. The Balaban J connectivity index is 2.88. The minimum Gasteiger partial charge on any atom is -0.508 e. The van der Waals surface area contributed by atoms with Gasteiger partial charge < -0.3 is 15.5 Å². The summed E-state index contributed by atoms with van der Waals surface area (Å²) in [6.07, 6.45) is 8.00. The van der Waals surface area contributed by atoms with Gasteiger partial charge in [-0.05, 0) is 31.2 Å². The van der Waals surface area contributed by atoms with Crippen molar-refractivity contribution in [3.63, 3.8) is 0 Å². The molecule has 3 N–H and O–H groups in total. The van der Waals surface area contributed by atoms with Crippen LogP contribution in [0, 0.1) is 12.8 Å². The van der Waals surface area contributed by atoms with Crippen LogP contribution in [-0.2, 0) is 0 Å². The average Bonchev–Trinajstić information content (AvgIpc) is 2.51. The summed E-state index contributed by atoms with van der Waals surface area (Å²) in [5.41, 5.74) is 2.35. The van der Waals surface area contributed by atoms with E-state index in [0.717, 1.165) is 11.3 Å². The number of aliphatic hydroxyl groups is 1. The van der Waals surface area contributed by atoms with Crippen molar-refractivity contribution < 1.29 is 10.2 Å². The second-order valence-electron chi connectivity index (χ2n) is 5.11. The number of nitrogens with zero attached hydrogens (tertiary/aromatic N) is 1. The monoisotopic (exact) mass is 300 g/mol. The standard InChI is InChI=1S/C18H24N2O2/c1-5-6-15(20-12-19-4)9-8-14(3)18(22)16-11-13(2)7-10-17(16)21/h5-12,14,18,21-22H,1H2,2-4H3,(H,19,20)/b9-8-,15-6+. The Morgan fingerprint density at radius 2 is 2.14 bits per heavy atom. The van der Waals surface area contributed by atoms with Crippen molar-refractivity contribution in [3.8, 4) is 5.75 Å². The zero-order valence-corrected chi connectivity index (χ0v) is 13.3. The van der Waals surface area contributed by atoms with Crippen LogP contribution in [0.15, 0.2) is 59.8 Å². The lowest BCUT2D eigenvalue weighted by Crippen LogP contribution is -2.10. The van der Waals surface area contributed by atoms with Crippen LogP contribution in [0.3, 0.4) is 0 Å². The van der Waals surface area contributed by atoms with Gasteiger partial charge in [-0.2, -0.15) is 0 Å². The van der Waals surface area contributed by atoms with E-state index in [-0.39, 0.29) is 11.7 Å². The van der Waals surface area contributed by atoms with Crippen molar-refractivity contribution in [2.75, 3.05) is 7.05 Å². The van der Waals surface area contributed by atoms with Gasteiger partial charge in [-0.1, -0.05) is 37.3 Å². The van der Waals surface area contributed by atoms with E-state index in [4.69, 9.17) is 0 Å². The van der Waals surface area contributed by atoms with Crippen LogP contribution in [0.2, 0.25) is 0 Å². The van der Waals surface area contributed by atoms with Crippen LogP contribution in [0.1, 0.15) is 24.2 Å². The molecule has 118 valence electrons. The lowest BCUT2D eigenvalue weighted by molar-refractivity contribution is 0.136. The number of aromatic hydroxyl groups is 1. The molecule has 2 atom stereocenters. The molecule has 0 aliphatic heterocycles. The first-order valence-electron chi connectivity index (χ1n) is 7.15. The number of nitrogens with one attached hydrogen (secondary N) is 1. The highest BCUT2D eigenvalue weighted by molar-refractivity contribution is 5.58. The number of allylic oxidation sites excluding steroid dienone is 3. The van der Waals surface area contributed by atoms with Crippen LogP contribution >= 0.6 is 0 Å². The number of aryl methyl sites for hydroxylation is 1. The van der Waals surface area contributed by atoms with E-state index >= 15 is 0 Å². The number of hydrogen-bond donors (Lipinski definition) is 3. The molecule has 0 saturated carbocycles. The number of rotatable bonds is 7. The van der Waals surface area contributed by atoms with Crippen molar-refractivity contribution >= 4 is 6.34 Å². The molecule has 4 heteroatoms. The van der Waals surface area contributed by atoms with Gasteiger partial charge in [0.2, 0.25) is 0 Å². The molecule has 0 aliphatic rings. The van der Waals surface area contributed by atoms with E-state index in [2.05, 4.69) is 16.9 Å². The maximum Gasteiger partial charge on any atom is 0.121 e. The highest BCUT2D eigenvalue weighted by atomic mass is 16.3. The fourth-order valence-electron chi connectivity index (χ4n) is 1.97. The van der Waals surface area contributed by atoms with E-state index in [9.17, 15) is 10.2 Å². The number of phenols is 1. The summed E-state index contributed by atoms with van der Waals surface area (Å²) in [5, 5.41) is 23.3. The van der Waals surface area contributed by atoms with Crippen LogP contribution in [0.4, 0.5) is 0 Å². The molecular formula is C18H24N2O2. The van der Waals surface area contributed by atoms with Gasteiger partial charge in [0.1, 0.15) is 5.75 Å². The molecule has 0 aromatic heterocycles. The van der Waals surface area contributed by atoms with Crippen LogP contribution < -0.4 is 5.32 Å². The van der Waals surface area contributed by atoms with Crippen LogP contribution in [-0.4, -0.2) is 23.6 Å². The summed E-state index contributed by atoms with van der Waals surface area (Å²) < 4.78 is 0. The van der Waals surface area contributed by atoms with Crippen molar-refractivity contribution in [1.29, 1.82) is 0 Å². The Hall–Kier alpha value is -2.33. The molecule has 1 aromatic carbocycles. The summed E-state index contributed by atoms with van der Waals surface area (Å²) in [4.78, 5) is 3.86. The fraction of sp³-hybridized carbons (Fsp3) is 0.278. The molecule has 0 radical (unpaired) electrons. The Kier molecular flexibility index (Phi) is 7.13. The summed E-state index contributed by atoms with van der Waals surface area (Å²) in [6.45, 7) is 7.48. The average molecular weight is 300 g/mol. The maximum absolute atomic E-state index is 10.4. The molecule has 0 amide bonds. The summed E-state index contributed by atoms with van der Waals surface area (Å²) >= 11 is 0. The molecule has 1 rings (SSSR count). The first-order chi connectivity index (χ1) is 10.5. The van der Waals surface area contributed by atoms with Gasteiger partial charge in [0.25, 0.3) is 0 Å². The first-order valence-corrected chi connectivity index (χ1v) is 7.15. The maximum atomic E-state index is 10.4. The SMILES string of the molecule is C=C/C=C(\C=C/C(C)C(O)c1cc(C)ccc1O)NC=NC. The molecular weight excluding hydrogens is 276 g/mol. The molecule has 0 heterocycles. The molecule has 22 heavy (non-hydrogen) atoms. The molecule has 0 aliphatic carbocycles. The number of benzene rings is 1. The van der Waals surface area contributed by atoms with Gasteiger partial charge in [-0.3, -0.25) is 4.99 Å². The minimum absolute atomic E-state index is 0.108. The number of phenolic OH excluding ortho intramolecular Hbond substituents is 1. The normalized spacial score (nSPS) is 15.2. The third-order valence-electron chi connectivity index (χ3n) is 3.24. The lowest BCUT2D eigenvalue weighted by atomic mass is 9.95. The molecule has 1 aromatic rings. The highest BCUT2D eigenvalue weighted by Gasteiger charge is 2.17. The van der Waals surface area contributed by atoms with E-state index in [1.807, 2.05) is 32.1 Å². The number of aliphatic hydroxyl groups excluding tert-OH is 1. The summed E-state index contributed by atoms with van der Waals surface area (Å²) in [6, 6.07) is 5.21. The Morgan fingerprint density at radius 1 is 1.41 bits per heavy atom. The Bertz CT molecular complexity index is 589. The second-order valence-corrected chi connectivity index (χ2v) is 5.11. The van der Waals surface area contributed by atoms with Crippen LogP contribution in [0.5, 0.6) is 5.75 Å². The topological polar surface area (TPSA) is 64.8 Å². The van der Waals surface area contributed by atoms with Gasteiger partial charge in [0.05, 0.1) is 12.4 Å². The van der Waals surface area contributed by atoms with E-state index in [1.165, 1.54) is 0 Å². The number of aliphatic imine (C=N–C) groups is 1. The zero-order valence-electron chi connectivity index (χ0n) is 13.3. The first kappa shape index (κ1) is 17.7. The van der Waals surface area contributed by atoms with Crippen molar-refractivity contribution in [2.45, 2.75) is 20.0 Å². The van der Waals surface area contributed by atoms with Gasteiger partial charge in [0.15, 0.2) is 0 Å². The third kappa shape index (κ3) is 5.22. The summed E-state index contributed by atoms with van der Waals surface area (Å²) in [5.74, 6) is -0.0577. The quantitative estimate of drug-likeness (QED) is 0.411. The van der Waals surface area contributed by atoms with Gasteiger partial charge in [0, 0.05) is 24.2 Å². The van der Waals surface area contributed by atoms with Gasteiger partial charge in [-0.15, -0.1) is 0 Å². The van der Waals surface area contributed by atoms with E-state index in [0.29, 0.717) is 5.56 Å². The lowest BCUT2D eigenvalue weighted by Gasteiger charge is -2.18. The predicted octanol–water partition coefficient (Wildman–Crippen LogP) is 3.24. The predicted molar refractivity (Wildman–Crippen MR) is 91.9 cm³/mol.